The molecule has 1 atom stereocenters. The SMILES string of the molecule is C#CC([S])CCC. The van der Waals surface area contributed by atoms with Crippen LogP contribution < -0.4 is 0 Å². The van der Waals surface area contributed by atoms with Crippen LogP contribution in [0.2, 0.25) is 0 Å². The molecule has 1 unspecified atom stereocenters. The van der Waals surface area contributed by atoms with E-state index < -0.39 is 0 Å². The van der Waals surface area contributed by atoms with Gasteiger partial charge in [-0.25, -0.2) is 0 Å². The molecule has 0 spiro atoms. The van der Waals surface area contributed by atoms with E-state index in [0.29, 0.717) is 0 Å². The highest BCUT2D eigenvalue weighted by molar-refractivity contribution is 7.81. The summed E-state index contributed by atoms with van der Waals surface area (Å²) in [7, 11) is 0. The van der Waals surface area contributed by atoms with Gasteiger partial charge in [0.1, 0.15) is 0 Å². The van der Waals surface area contributed by atoms with E-state index in [1.807, 2.05) is 0 Å². The summed E-state index contributed by atoms with van der Waals surface area (Å²) in [5.41, 5.74) is 0. The lowest BCUT2D eigenvalue weighted by molar-refractivity contribution is 0.844. The van der Waals surface area contributed by atoms with Gasteiger partial charge in [-0.1, -0.05) is 31.9 Å². The first kappa shape index (κ1) is 6.91. The van der Waals surface area contributed by atoms with Crippen molar-refractivity contribution in [3.63, 3.8) is 0 Å². The predicted molar refractivity (Wildman–Crippen MR) is 35.1 cm³/mol. The smallest absolute Gasteiger partial charge is 0.0758 e. The minimum absolute atomic E-state index is 0.0602. The molecule has 0 saturated heterocycles. The Labute approximate surface area is 50.7 Å². The molecule has 0 bridgehead atoms. The quantitative estimate of drug-likeness (QED) is 0.480. The van der Waals surface area contributed by atoms with Crippen molar-refractivity contribution in [1.82, 2.24) is 0 Å². The largest absolute Gasteiger partial charge is 0.119 e. The fourth-order valence-electron chi connectivity index (χ4n) is 0.346. The van der Waals surface area contributed by atoms with Gasteiger partial charge < -0.3 is 0 Å². The van der Waals surface area contributed by atoms with Crippen molar-refractivity contribution >= 4 is 12.6 Å². The van der Waals surface area contributed by atoms with E-state index in [4.69, 9.17) is 19.1 Å². The summed E-state index contributed by atoms with van der Waals surface area (Å²) >= 11 is 4.80. The van der Waals surface area contributed by atoms with Crippen LogP contribution in [-0.2, 0) is 0 Å². The van der Waals surface area contributed by atoms with Gasteiger partial charge in [-0.15, -0.1) is 6.42 Å². The van der Waals surface area contributed by atoms with Gasteiger partial charge in [0.15, 0.2) is 0 Å². The second-order valence-corrected chi connectivity index (χ2v) is 2.01. The molecule has 0 aliphatic rings. The van der Waals surface area contributed by atoms with E-state index in [1.165, 1.54) is 0 Å². The Morgan fingerprint density at radius 2 is 2.43 bits per heavy atom. The van der Waals surface area contributed by atoms with Crippen molar-refractivity contribution in [2.24, 2.45) is 0 Å². The van der Waals surface area contributed by atoms with Gasteiger partial charge in [0.25, 0.3) is 0 Å². The first-order chi connectivity index (χ1) is 3.31. The average Bonchev–Trinajstić information content (AvgIpc) is 1.68. The molecule has 0 heterocycles. The van der Waals surface area contributed by atoms with Crippen molar-refractivity contribution in [3.05, 3.63) is 0 Å². The van der Waals surface area contributed by atoms with Crippen LogP contribution in [0.5, 0.6) is 0 Å². The fraction of sp³-hybridized carbons (Fsp3) is 0.667. The summed E-state index contributed by atoms with van der Waals surface area (Å²) in [6.45, 7) is 2.08. The van der Waals surface area contributed by atoms with Crippen LogP contribution in [-0.4, -0.2) is 5.25 Å². The molecule has 0 aliphatic heterocycles. The maximum absolute atomic E-state index is 5.00. The van der Waals surface area contributed by atoms with Crippen LogP contribution in [0.1, 0.15) is 19.8 Å². The summed E-state index contributed by atoms with van der Waals surface area (Å²) in [4.78, 5) is 0. The maximum Gasteiger partial charge on any atom is 0.0758 e. The lowest BCUT2D eigenvalue weighted by Crippen LogP contribution is -1.89. The van der Waals surface area contributed by atoms with Crippen LogP contribution in [0.3, 0.4) is 0 Å². The highest BCUT2D eigenvalue weighted by Crippen LogP contribution is 2.00. The normalized spacial score (nSPS) is 12.7. The molecule has 0 saturated carbocycles. The Hall–Kier alpha value is -0.0900. The molecule has 0 nitrogen and oxygen atoms in total. The number of hydrogen-bond acceptors (Lipinski definition) is 0. The van der Waals surface area contributed by atoms with E-state index >= 15 is 0 Å². The molecule has 0 aromatic rings. The topological polar surface area (TPSA) is 0 Å². The minimum Gasteiger partial charge on any atom is -0.119 e. The second kappa shape index (κ2) is 4.08. The monoisotopic (exact) mass is 113 g/mol. The van der Waals surface area contributed by atoms with E-state index in [0.717, 1.165) is 12.8 Å². The van der Waals surface area contributed by atoms with Crippen LogP contribution >= 0.6 is 12.6 Å². The number of rotatable bonds is 2. The molecule has 0 N–H and O–H groups in total. The number of hydrogen-bond donors (Lipinski definition) is 0. The van der Waals surface area contributed by atoms with Gasteiger partial charge >= 0.3 is 0 Å². The van der Waals surface area contributed by atoms with Gasteiger partial charge in [-0.2, -0.15) is 0 Å². The highest BCUT2D eigenvalue weighted by Gasteiger charge is 1.92. The molecule has 1 heteroatoms. The van der Waals surface area contributed by atoms with E-state index in [-0.39, 0.29) is 5.25 Å². The van der Waals surface area contributed by atoms with Crippen molar-refractivity contribution in [2.75, 3.05) is 0 Å². The molecule has 0 amide bonds. The first-order valence-corrected chi connectivity index (χ1v) is 2.90. The van der Waals surface area contributed by atoms with Crippen molar-refractivity contribution in [1.29, 1.82) is 0 Å². The Morgan fingerprint density at radius 1 is 1.86 bits per heavy atom. The van der Waals surface area contributed by atoms with Gasteiger partial charge in [-0.05, 0) is 6.42 Å². The molecule has 0 aromatic heterocycles. The highest BCUT2D eigenvalue weighted by atomic mass is 32.1. The zero-order valence-corrected chi connectivity index (χ0v) is 5.29. The molecule has 1 radical (unpaired) electrons. The molecule has 7 heavy (non-hydrogen) atoms. The molecule has 0 aliphatic carbocycles. The molecular formula is C6H9S. The standard InChI is InChI=1S/C6H9S/c1-3-5-6(7)4-2/h2,6H,3,5H2,1H3. The van der Waals surface area contributed by atoms with E-state index in [2.05, 4.69) is 12.8 Å². The van der Waals surface area contributed by atoms with Crippen molar-refractivity contribution in [2.45, 2.75) is 25.0 Å². The third-order valence-corrected chi connectivity index (χ3v) is 1.11. The van der Waals surface area contributed by atoms with Gasteiger partial charge in [0, 0.05) is 0 Å². The predicted octanol–water partition coefficient (Wildman–Crippen LogP) is 1.99. The molecule has 0 fully saturated rings. The van der Waals surface area contributed by atoms with E-state index in [9.17, 15) is 0 Å². The Kier molecular flexibility index (Phi) is 4.03. The summed E-state index contributed by atoms with van der Waals surface area (Å²) < 4.78 is 0. The Balaban J connectivity index is 3.04. The van der Waals surface area contributed by atoms with Crippen molar-refractivity contribution in [3.8, 4) is 12.3 Å². The Bertz CT molecular complexity index is 70.7. The Morgan fingerprint density at radius 3 is 2.57 bits per heavy atom. The average molecular weight is 113 g/mol. The van der Waals surface area contributed by atoms with Gasteiger partial charge in [0.2, 0.25) is 0 Å². The first-order valence-electron chi connectivity index (χ1n) is 2.43. The summed E-state index contributed by atoms with van der Waals surface area (Å²) in [5, 5.41) is 0.0602. The van der Waals surface area contributed by atoms with Crippen LogP contribution in [0.4, 0.5) is 0 Å². The van der Waals surface area contributed by atoms with Crippen LogP contribution in [0.15, 0.2) is 0 Å². The summed E-state index contributed by atoms with van der Waals surface area (Å²) in [6, 6.07) is 0. The summed E-state index contributed by atoms with van der Waals surface area (Å²) in [6.07, 6.45) is 7.08. The lowest BCUT2D eigenvalue weighted by atomic mass is 10.2. The molecular weight excluding hydrogens is 104 g/mol. The zero-order valence-electron chi connectivity index (χ0n) is 4.48. The minimum atomic E-state index is 0.0602. The van der Waals surface area contributed by atoms with Crippen LogP contribution in [0, 0.1) is 12.3 Å². The van der Waals surface area contributed by atoms with Gasteiger partial charge in [0.05, 0.1) is 5.25 Å². The fourth-order valence-corrected chi connectivity index (χ4v) is 0.581. The van der Waals surface area contributed by atoms with Gasteiger partial charge in [-0.3, -0.25) is 0 Å². The van der Waals surface area contributed by atoms with Crippen LogP contribution in [0.25, 0.3) is 0 Å². The second-order valence-electron chi connectivity index (χ2n) is 1.44. The third kappa shape index (κ3) is 3.75. The molecule has 0 aromatic carbocycles. The number of terminal acetylenes is 1. The molecule has 0 rings (SSSR count). The van der Waals surface area contributed by atoms with E-state index in [1.54, 1.807) is 0 Å². The molecule has 39 valence electrons. The zero-order chi connectivity index (χ0) is 5.70. The lowest BCUT2D eigenvalue weighted by Gasteiger charge is -1.93. The summed E-state index contributed by atoms with van der Waals surface area (Å²) in [5.74, 6) is 2.48. The van der Waals surface area contributed by atoms with Crippen molar-refractivity contribution < 1.29 is 0 Å². The maximum atomic E-state index is 5.00. The third-order valence-electron chi connectivity index (χ3n) is 0.737.